The molecule has 1 amide bonds. The smallest absolute Gasteiger partial charge is 0.337 e. The molecule has 1 aromatic heterocycles. The second kappa shape index (κ2) is 11.0. The lowest BCUT2D eigenvalue weighted by Gasteiger charge is -2.09. The largest absolute Gasteiger partial charge is 0.493 e. The molecule has 8 nitrogen and oxygen atoms in total. The predicted octanol–water partition coefficient (Wildman–Crippen LogP) is 4.95. The molecule has 0 aliphatic rings. The average Bonchev–Trinajstić information content (AvgIpc) is 3.29. The molecule has 2 aromatic carbocycles. The molecule has 0 fully saturated rings. The number of rotatable bonds is 10. The number of halogens is 1. The number of hydrogen-bond donors (Lipinski definition) is 2. The second-order valence-corrected chi connectivity index (χ2v) is 7.18. The number of amides is 1. The highest BCUT2D eigenvalue weighted by Crippen LogP contribution is 2.31. The number of nitrogens with zero attached hydrogens (tertiary/aromatic N) is 2. The Morgan fingerprint density at radius 2 is 1.97 bits per heavy atom. The van der Waals surface area contributed by atoms with Crippen LogP contribution < -0.4 is 10.1 Å². The Labute approximate surface area is 189 Å². The number of anilines is 1. The molecule has 164 valence electrons. The van der Waals surface area contributed by atoms with Crippen molar-refractivity contribution in [3.63, 3.8) is 0 Å². The Kier molecular flexibility index (Phi) is 7.84. The van der Waals surface area contributed by atoms with Crippen LogP contribution in [0.3, 0.4) is 0 Å². The first kappa shape index (κ1) is 22.8. The zero-order valence-corrected chi connectivity index (χ0v) is 17.8. The van der Waals surface area contributed by atoms with Crippen LogP contribution in [-0.2, 0) is 0 Å². The molecule has 0 bridgehead atoms. The molecule has 2 N–H and O–H groups in total. The number of para-hydroxylation sites is 1. The molecule has 0 radical (unpaired) electrons. The van der Waals surface area contributed by atoms with Gasteiger partial charge < -0.3 is 19.7 Å². The van der Waals surface area contributed by atoms with Crippen LogP contribution in [0.1, 0.15) is 45.7 Å². The van der Waals surface area contributed by atoms with Gasteiger partial charge in [0.15, 0.2) is 11.5 Å². The maximum Gasteiger partial charge on any atom is 0.337 e. The maximum atomic E-state index is 12.6. The third-order valence-electron chi connectivity index (χ3n) is 4.56. The van der Waals surface area contributed by atoms with Crippen LogP contribution >= 0.6 is 11.6 Å². The van der Waals surface area contributed by atoms with Crippen LogP contribution in [0.2, 0.25) is 0 Å². The van der Waals surface area contributed by atoms with Gasteiger partial charge in [-0.1, -0.05) is 17.3 Å². The first-order valence-electron chi connectivity index (χ1n) is 9.87. The monoisotopic (exact) mass is 453 g/mol. The fourth-order valence-corrected chi connectivity index (χ4v) is 3.14. The summed E-state index contributed by atoms with van der Waals surface area (Å²) in [7, 11) is 0. The summed E-state index contributed by atoms with van der Waals surface area (Å²) in [5.74, 6) is -0.357. The summed E-state index contributed by atoms with van der Waals surface area (Å²) in [6.07, 6.45) is 2.75. The Morgan fingerprint density at radius 3 is 2.72 bits per heavy atom. The van der Waals surface area contributed by atoms with Crippen molar-refractivity contribution in [3.8, 4) is 23.1 Å². The second-order valence-electron chi connectivity index (χ2n) is 6.80. The van der Waals surface area contributed by atoms with Gasteiger partial charge in [0.25, 0.3) is 5.91 Å². The summed E-state index contributed by atoms with van der Waals surface area (Å²) in [4.78, 5) is 24.1. The first-order valence-corrected chi connectivity index (χ1v) is 10.4. The number of aromatic nitrogens is 1. The Balaban J connectivity index is 1.75. The summed E-state index contributed by atoms with van der Waals surface area (Å²) >= 11 is 5.68. The minimum absolute atomic E-state index is 0.0300. The number of carboxylic acids is 1. The zero-order chi connectivity index (χ0) is 22.9. The number of unbranched alkanes of at least 4 members (excludes halogenated alkanes) is 2. The maximum absolute atomic E-state index is 12.6. The molecular formula is C23H20ClN3O5. The van der Waals surface area contributed by atoms with Crippen molar-refractivity contribution >= 4 is 29.2 Å². The van der Waals surface area contributed by atoms with Crippen molar-refractivity contribution < 1.29 is 24.0 Å². The van der Waals surface area contributed by atoms with Gasteiger partial charge in [-0.25, -0.2) is 4.79 Å². The molecule has 1 heterocycles. The molecule has 0 unspecified atom stereocenters. The van der Waals surface area contributed by atoms with Crippen molar-refractivity contribution in [2.24, 2.45) is 0 Å². The van der Waals surface area contributed by atoms with Gasteiger partial charge in [0.05, 0.1) is 35.1 Å². The minimum Gasteiger partial charge on any atom is -0.493 e. The number of ether oxygens (including phenoxy) is 1. The van der Waals surface area contributed by atoms with Gasteiger partial charge in [0.2, 0.25) is 0 Å². The lowest BCUT2D eigenvalue weighted by Crippen LogP contribution is -2.15. The van der Waals surface area contributed by atoms with E-state index in [1.54, 1.807) is 12.1 Å². The van der Waals surface area contributed by atoms with E-state index in [0.717, 1.165) is 19.3 Å². The van der Waals surface area contributed by atoms with Crippen LogP contribution in [0.5, 0.6) is 5.75 Å². The third kappa shape index (κ3) is 5.65. The number of hydrogen-bond acceptors (Lipinski definition) is 6. The molecule has 0 aliphatic carbocycles. The van der Waals surface area contributed by atoms with Gasteiger partial charge in [-0.2, -0.15) is 5.26 Å². The van der Waals surface area contributed by atoms with E-state index in [1.807, 2.05) is 18.2 Å². The van der Waals surface area contributed by atoms with E-state index in [1.165, 1.54) is 24.3 Å². The van der Waals surface area contributed by atoms with Crippen LogP contribution in [0.25, 0.3) is 11.3 Å². The lowest BCUT2D eigenvalue weighted by molar-refractivity contribution is 0.0698. The number of alkyl halides is 1. The lowest BCUT2D eigenvalue weighted by atomic mass is 10.1. The summed E-state index contributed by atoms with van der Waals surface area (Å²) < 4.78 is 11.2. The number of carbonyl (C=O) groups excluding carboxylic acids is 1. The summed E-state index contributed by atoms with van der Waals surface area (Å²) in [6, 6.07) is 14.5. The van der Waals surface area contributed by atoms with Crippen molar-refractivity contribution in [2.75, 3.05) is 17.8 Å². The SMILES string of the molecule is N#Cc1ccc(NC(=O)c2cc(-c3ccccc3OCCCCCCl)on2)c(C(=O)O)c1. The fraction of sp³-hybridized carbons (Fsp3) is 0.217. The summed E-state index contributed by atoms with van der Waals surface area (Å²) in [5, 5.41) is 24.6. The number of benzene rings is 2. The summed E-state index contributed by atoms with van der Waals surface area (Å²) in [5.41, 5.74) is 0.628. The quantitative estimate of drug-likeness (QED) is 0.328. The van der Waals surface area contributed by atoms with Gasteiger partial charge in [-0.05, 0) is 49.6 Å². The highest BCUT2D eigenvalue weighted by Gasteiger charge is 2.19. The Bertz CT molecular complexity index is 1150. The molecule has 9 heteroatoms. The number of aromatic carboxylic acids is 1. The minimum atomic E-state index is -1.27. The van der Waals surface area contributed by atoms with Crippen LogP contribution in [0, 0.1) is 11.3 Å². The molecular weight excluding hydrogens is 434 g/mol. The number of carbonyl (C=O) groups is 2. The molecule has 3 rings (SSSR count). The molecule has 3 aromatic rings. The van der Waals surface area contributed by atoms with Crippen LogP contribution in [0.15, 0.2) is 53.1 Å². The van der Waals surface area contributed by atoms with Gasteiger partial charge >= 0.3 is 5.97 Å². The molecule has 0 atom stereocenters. The number of nitriles is 1. The van der Waals surface area contributed by atoms with Crippen molar-refractivity contribution in [1.82, 2.24) is 5.16 Å². The van der Waals surface area contributed by atoms with E-state index in [-0.39, 0.29) is 22.5 Å². The van der Waals surface area contributed by atoms with E-state index < -0.39 is 11.9 Å². The summed E-state index contributed by atoms with van der Waals surface area (Å²) in [6.45, 7) is 0.520. The van der Waals surface area contributed by atoms with E-state index in [9.17, 15) is 14.7 Å². The zero-order valence-electron chi connectivity index (χ0n) is 17.0. The van der Waals surface area contributed by atoms with Gasteiger partial charge in [-0.15, -0.1) is 11.6 Å². The van der Waals surface area contributed by atoms with Crippen molar-refractivity contribution in [3.05, 3.63) is 65.4 Å². The van der Waals surface area contributed by atoms with Gasteiger partial charge in [-0.3, -0.25) is 4.79 Å². The molecule has 0 saturated carbocycles. The Hall–Kier alpha value is -3.83. The Morgan fingerprint density at radius 1 is 1.16 bits per heavy atom. The van der Waals surface area contributed by atoms with E-state index >= 15 is 0 Å². The fourth-order valence-electron chi connectivity index (χ4n) is 2.95. The van der Waals surface area contributed by atoms with E-state index in [0.29, 0.717) is 29.6 Å². The van der Waals surface area contributed by atoms with Crippen LogP contribution in [-0.4, -0.2) is 34.6 Å². The highest BCUT2D eigenvalue weighted by molar-refractivity contribution is 6.17. The van der Waals surface area contributed by atoms with Gasteiger partial charge in [0.1, 0.15) is 5.75 Å². The molecule has 0 aliphatic heterocycles. The average molecular weight is 454 g/mol. The number of nitrogens with one attached hydrogen (secondary N) is 1. The van der Waals surface area contributed by atoms with Crippen molar-refractivity contribution in [1.29, 1.82) is 5.26 Å². The van der Waals surface area contributed by atoms with E-state index in [4.69, 9.17) is 26.1 Å². The van der Waals surface area contributed by atoms with Crippen molar-refractivity contribution in [2.45, 2.75) is 19.3 Å². The van der Waals surface area contributed by atoms with Gasteiger partial charge in [0, 0.05) is 11.9 Å². The number of carboxylic acid groups (broad SMARTS) is 1. The third-order valence-corrected chi connectivity index (χ3v) is 4.83. The topological polar surface area (TPSA) is 125 Å². The van der Waals surface area contributed by atoms with E-state index in [2.05, 4.69) is 10.5 Å². The standard InChI is InChI=1S/C23H20ClN3O5/c24-10-4-1-5-11-31-20-7-3-2-6-16(20)21-13-19(27-32-21)22(28)26-18-9-8-15(14-25)12-17(18)23(29)30/h2-3,6-9,12-13H,1,4-5,10-11H2,(H,26,28)(H,29,30). The molecule has 0 saturated heterocycles. The molecule has 32 heavy (non-hydrogen) atoms. The predicted molar refractivity (Wildman–Crippen MR) is 118 cm³/mol. The normalized spacial score (nSPS) is 10.4. The highest BCUT2D eigenvalue weighted by atomic mass is 35.5. The van der Waals surface area contributed by atoms with Crippen LogP contribution in [0.4, 0.5) is 5.69 Å². The molecule has 0 spiro atoms. The first-order chi connectivity index (χ1) is 15.5.